The van der Waals surface area contributed by atoms with Gasteiger partial charge in [-0.25, -0.2) is 18.7 Å². The molecule has 2 aliphatic carbocycles. The van der Waals surface area contributed by atoms with Gasteiger partial charge in [0, 0.05) is 47.4 Å². The molecule has 0 aromatic carbocycles. The summed E-state index contributed by atoms with van der Waals surface area (Å²) in [5, 5.41) is 27.1. The van der Waals surface area contributed by atoms with E-state index in [4.69, 9.17) is 34.2 Å². The van der Waals surface area contributed by atoms with Crippen LogP contribution in [0.4, 0.5) is 70.2 Å². The number of thiophene rings is 2. The van der Waals surface area contributed by atoms with Gasteiger partial charge in [0.05, 0.1) is 29.6 Å². The molecule has 2 aliphatic rings. The molecule has 15 nitrogen and oxygen atoms in total. The molecule has 35 heteroatoms. The van der Waals surface area contributed by atoms with Gasteiger partial charge in [-0.15, -0.1) is 22.7 Å². The lowest BCUT2D eigenvalue weighted by Gasteiger charge is -2.19. The van der Waals surface area contributed by atoms with E-state index in [2.05, 4.69) is 31.0 Å². The monoisotopic (exact) mass is 1130 g/mol. The lowest BCUT2D eigenvalue weighted by Crippen LogP contribution is -2.46. The van der Waals surface area contributed by atoms with Crippen LogP contribution in [0.5, 0.6) is 0 Å². The first-order chi connectivity index (χ1) is 33.4. The van der Waals surface area contributed by atoms with Gasteiger partial charge in [-0.1, -0.05) is 23.2 Å². The number of carbonyl (C=O) groups is 3. The Bertz CT molecular complexity index is 3220. The molecule has 0 aliphatic heterocycles. The van der Waals surface area contributed by atoms with Crippen molar-refractivity contribution in [3.05, 3.63) is 79.2 Å². The number of nitrogens with one attached hydrogen (secondary N) is 2. The zero-order valence-electron chi connectivity index (χ0n) is 35.7. The first-order valence-corrected chi connectivity index (χ1v) is 22.0. The molecule has 73 heavy (non-hydrogen) atoms. The molecule has 6 heterocycles. The summed E-state index contributed by atoms with van der Waals surface area (Å²) in [6.45, 7) is 0. The lowest BCUT2D eigenvalue weighted by molar-refractivity contribution is -0.292. The maximum Gasteiger partial charge on any atom is 0.459 e. The second kappa shape index (κ2) is 17.9. The van der Waals surface area contributed by atoms with Crippen LogP contribution in [0.3, 0.4) is 0 Å². The fourth-order valence-electron chi connectivity index (χ4n) is 6.77. The Morgan fingerprint density at radius 3 is 1.33 bits per heavy atom. The smallest absolute Gasteiger partial charge is 0.368 e. The van der Waals surface area contributed by atoms with Crippen LogP contribution in [-0.4, -0.2) is 80.3 Å². The van der Waals surface area contributed by atoms with E-state index in [1.807, 2.05) is 6.07 Å². The van der Waals surface area contributed by atoms with Gasteiger partial charge in [-0.3, -0.25) is 14.4 Å². The number of primary amides is 1. The molecule has 0 atom stereocenters. The Kier molecular flexibility index (Phi) is 13.3. The predicted molar refractivity (Wildman–Crippen MR) is 221 cm³/mol. The van der Waals surface area contributed by atoms with Crippen molar-refractivity contribution in [1.29, 1.82) is 5.26 Å². The average molecular weight is 1140 g/mol. The number of rotatable bonds is 11. The summed E-state index contributed by atoms with van der Waals surface area (Å²) in [5.41, 5.74) is -6.54. The Labute approximate surface area is 413 Å². The summed E-state index contributed by atoms with van der Waals surface area (Å²) in [4.78, 5) is 37.0. The van der Waals surface area contributed by atoms with E-state index in [1.165, 1.54) is 12.1 Å². The minimum absolute atomic E-state index is 0.00684. The molecular formula is C38H24Cl2F16N12O3S2. The first kappa shape index (κ1) is 54.4. The van der Waals surface area contributed by atoms with Crippen molar-refractivity contribution in [2.24, 2.45) is 19.8 Å². The van der Waals surface area contributed by atoms with Gasteiger partial charge in [0.25, 0.3) is 11.8 Å². The molecule has 0 saturated heterocycles. The Morgan fingerprint density at radius 2 is 1.03 bits per heavy atom. The van der Waals surface area contributed by atoms with E-state index < -0.39 is 99.5 Å². The van der Waals surface area contributed by atoms with E-state index >= 15 is 0 Å². The number of alkyl halides is 16. The lowest BCUT2D eigenvalue weighted by atomic mass is 10.1. The largest absolute Gasteiger partial charge is 0.459 e. The number of nitrogens with zero attached hydrogens (tertiary/aromatic N) is 9. The van der Waals surface area contributed by atoms with Gasteiger partial charge >= 0.3 is 36.6 Å². The normalized spacial score (nSPS) is 15.6. The topological polar surface area (TPSA) is 196 Å². The highest BCUT2D eigenvalue weighted by atomic mass is 35.5. The molecule has 0 spiro atoms. The van der Waals surface area contributed by atoms with Crippen LogP contribution < -0.4 is 16.4 Å². The van der Waals surface area contributed by atoms with Crippen molar-refractivity contribution in [3.8, 4) is 38.6 Å². The summed E-state index contributed by atoms with van der Waals surface area (Å²) in [6, 6.07) is 4.50. The number of aromatic nitrogens is 8. The van der Waals surface area contributed by atoms with E-state index in [-0.39, 0.29) is 50.0 Å². The third-order valence-corrected chi connectivity index (χ3v) is 13.6. The Morgan fingerprint density at radius 1 is 0.658 bits per heavy atom. The van der Waals surface area contributed by atoms with Crippen molar-refractivity contribution in [3.63, 3.8) is 0 Å². The summed E-state index contributed by atoms with van der Waals surface area (Å²) in [7, 11) is 1.51. The van der Waals surface area contributed by atoms with E-state index in [0.29, 0.717) is 35.0 Å². The summed E-state index contributed by atoms with van der Waals surface area (Å²) < 4.78 is 216. The quantitative estimate of drug-likeness (QED) is 0.107. The Hall–Kier alpha value is -6.40. The van der Waals surface area contributed by atoms with Crippen LogP contribution in [0.25, 0.3) is 32.5 Å². The highest BCUT2D eigenvalue weighted by Crippen LogP contribution is 2.51. The molecule has 4 N–H and O–H groups in total. The second-order valence-electron chi connectivity index (χ2n) is 16.0. The minimum atomic E-state index is -6.34. The average Bonchev–Trinajstić information content (AvgIpc) is 3.67. The van der Waals surface area contributed by atoms with Gasteiger partial charge in [-0.2, -0.15) is 95.9 Å². The molecule has 3 amide bonds. The van der Waals surface area contributed by atoms with Gasteiger partial charge in [0.1, 0.15) is 30.9 Å². The number of carbonyl (C=O) groups excluding carboxylic acids is 3. The maximum absolute atomic E-state index is 13.9. The van der Waals surface area contributed by atoms with E-state index in [0.717, 1.165) is 61.6 Å². The number of nitrogens with two attached hydrogens (primary N) is 1. The van der Waals surface area contributed by atoms with Crippen molar-refractivity contribution >= 4 is 63.6 Å². The fraction of sp³-hybridized carbons (Fsp3) is 0.368. The van der Waals surface area contributed by atoms with Crippen molar-refractivity contribution < 1.29 is 84.6 Å². The van der Waals surface area contributed by atoms with E-state index in [1.54, 1.807) is 0 Å². The van der Waals surface area contributed by atoms with Gasteiger partial charge in [0.2, 0.25) is 5.91 Å². The fourth-order valence-corrected chi connectivity index (χ4v) is 9.26. The van der Waals surface area contributed by atoms with Crippen LogP contribution in [-0.2, 0) is 43.1 Å². The Balaban J connectivity index is 0.000000214. The molecule has 392 valence electrons. The molecular weight excluding hydrogens is 1110 g/mol. The molecule has 0 bridgehead atoms. The van der Waals surface area contributed by atoms with Crippen LogP contribution in [0, 0.1) is 11.3 Å². The summed E-state index contributed by atoms with van der Waals surface area (Å²) >= 11 is 13.9. The number of amides is 3. The van der Waals surface area contributed by atoms with Gasteiger partial charge < -0.3 is 16.4 Å². The van der Waals surface area contributed by atoms with Crippen LogP contribution in [0.15, 0.2) is 36.9 Å². The number of halogens is 18. The minimum Gasteiger partial charge on any atom is -0.368 e. The van der Waals surface area contributed by atoms with Crippen LogP contribution >= 0.6 is 45.9 Å². The number of aryl methyl sites for hydroxylation is 2. The molecule has 8 rings (SSSR count). The van der Waals surface area contributed by atoms with Gasteiger partial charge in [-0.05, 0) is 37.8 Å². The second-order valence-corrected chi connectivity index (χ2v) is 19.3. The van der Waals surface area contributed by atoms with Crippen molar-refractivity contribution in [2.45, 2.75) is 73.3 Å². The zero-order chi connectivity index (χ0) is 54.6. The third-order valence-electron chi connectivity index (χ3n) is 10.8. The van der Waals surface area contributed by atoms with Crippen LogP contribution in [0.1, 0.15) is 68.9 Å². The number of hydrogen-bond acceptors (Lipinski definition) is 10. The van der Waals surface area contributed by atoms with Gasteiger partial charge in [0.15, 0.2) is 23.0 Å². The summed E-state index contributed by atoms with van der Waals surface area (Å²) in [5.74, 6) is -16.3. The molecule has 2 fully saturated rings. The molecule has 0 unspecified atom stereocenters. The molecule has 6 aromatic heterocycles. The molecule has 0 radical (unpaired) electrons. The number of nitriles is 1. The highest BCUT2D eigenvalue weighted by molar-refractivity contribution is 7.20. The van der Waals surface area contributed by atoms with Crippen molar-refractivity contribution in [1.82, 2.24) is 49.8 Å². The third kappa shape index (κ3) is 10.0. The van der Waals surface area contributed by atoms with Crippen molar-refractivity contribution in [2.75, 3.05) is 0 Å². The van der Waals surface area contributed by atoms with E-state index in [9.17, 15) is 84.6 Å². The predicted octanol–water partition coefficient (Wildman–Crippen LogP) is 9.85. The summed E-state index contributed by atoms with van der Waals surface area (Å²) in [6.07, 6.45) is -18.5. The zero-order valence-corrected chi connectivity index (χ0v) is 38.9. The molecule has 2 saturated carbocycles. The SMILES string of the molecule is Cn1nc(C(F)(F)C(F)(F)F)c(C(F)(F)F)c1-n1cc(-c2cc(C(=O)NC3(C#N)CC3)c(Cl)s2)cn1.Cn1nc(C(F)(F)C(F)(F)F)c(C(F)(F)F)c1-n1cc(-c2cc(C(=O)NC3(C(N)=O)CC3)c(Cl)s2)cn1. The maximum atomic E-state index is 13.9. The van der Waals surface area contributed by atoms with Crippen LogP contribution in [0.2, 0.25) is 8.67 Å². The molecule has 6 aromatic rings. The highest BCUT2D eigenvalue weighted by Gasteiger charge is 2.65. The first-order valence-electron chi connectivity index (χ1n) is 19.6. The standard InChI is InChI=1S/C19H13ClF8N6O2S.C19H11ClF8N6OS/c1-33-14(10(18(23,24)25)11(32-33)17(21,22)19(26,27)28)34-6-7(5-30-34)9-4-8(12(20)37-9)13(35)31-16(2-3-16)15(29)36;1-33-15(11(18(23,24)25)12(32-33)17(21,22)19(26,27)28)34-6-8(5-30-34)10-4-9(13(20)36-10)14(35)31-16(7-29)2-3-16/h4-6H,2-3H2,1H3,(H2,29,36)(H,31,35);4-6H,2-3H2,1H3,(H,31,35). The number of hydrogen-bond donors (Lipinski definition) is 3.